The van der Waals surface area contributed by atoms with Crippen molar-refractivity contribution in [3.8, 4) is 0 Å². The Bertz CT molecular complexity index is 505. The molecule has 0 bridgehead atoms. The Kier molecular flexibility index (Phi) is 4.27. The number of alkyl halides is 3. The zero-order valence-electron chi connectivity index (χ0n) is 11.8. The first-order valence-electron chi connectivity index (χ1n) is 6.91. The number of benzene rings is 1. The highest BCUT2D eigenvalue weighted by Crippen LogP contribution is 2.44. The van der Waals surface area contributed by atoms with Gasteiger partial charge in [0.2, 0.25) is 5.91 Å². The molecule has 1 fully saturated rings. The largest absolute Gasteiger partial charge is 0.416 e. The molecule has 1 saturated carbocycles. The molecule has 21 heavy (non-hydrogen) atoms. The molecule has 1 aromatic rings. The van der Waals surface area contributed by atoms with Gasteiger partial charge < -0.3 is 11.1 Å². The van der Waals surface area contributed by atoms with Crippen molar-refractivity contribution in [2.75, 3.05) is 6.54 Å². The fourth-order valence-corrected chi connectivity index (χ4v) is 2.90. The molecule has 1 amide bonds. The maximum absolute atomic E-state index is 12.4. The van der Waals surface area contributed by atoms with Crippen LogP contribution in [0, 0.1) is 11.3 Å². The van der Waals surface area contributed by atoms with E-state index in [1.807, 2.05) is 0 Å². The minimum atomic E-state index is -4.34. The number of carbonyl (C=O) groups excluding carboxylic acids is 1. The Balaban J connectivity index is 1.93. The Morgan fingerprint density at radius 3 is 2.33 bits per heavy atom. The third-order valence-corrected chi connectivity index (χ3v) is 4.09. The summed E-state index contributed by atoms with van der Waals surface area (Å²) in [6.07, 6.45) is -2.81. The zero-order valence-corrected chi connectivity index (χ0v) is 11.8. The highest BCUT2D eigenvalue weighted by molar-refractivity contribution is 5.83. The molecule has 3 nitrogen and oxygen atoms in total. The Morgan fingerprint density at radius 1 is 1.33 bits per heavy atom. The molecule has 0 aliphatic heterocycles. The molecule has 0 atom stereocenters. The second-order valence-corrected chi connectivity index (χ2v) is 5.88. The van der Waals surface area contributed by atoms with Gasteiger partial charge in [0.15, 0.2) is 0 Å². The minimum Gasteiger partial charge on any atom is -0.352 e. The van der Waals surface area contributed by atoms with Gasteiger partial charge in [0.05, 0.1) is 11.0 Å². The summed E-state index contributed by atoms with van der Waals surface area (Å²) in [4.78, 5) is 12.2. The predicted octanol–water partition coefficient (Wildman–Crippen LogP) is 2.70. The normalized spacial score (nSPS) is 25.3. The monoisotopic (exact) mass is 300 g/mol. The lowest BCUT2D eigenvalue weighted by molar-refractivity contribution is -0.138. The van der Waals surface area contributed by atoms with Crippen molar-refractivity contribution in [2.24, 2.45) is 17.1 Å². The van der Waals surface area contributed by atoms with Gasteiger partial charge in [-0.25, -0.2) is 0 Å². The van der Waals surface area contributed by atoms with Crippen molar-refractivity contribution in [2.45, 2.75) is 32.5 Å². The third-order valence-electron chi connectivity index (χ3n) is 4.09. The molecule has 0 unspecified atom stereocenters. The van der Waals surface area contributed by atoms with E-state index in [0.29, 0.717) is 18.0 Å². The molecule has 1 aliphatic carbocycles. The summed E-state index contributed by atoms with van der Waals surface area (Å²) in [6, 6.07) is 4.79. The van der Waals surface area contributed by atoms with E-state index in [0.717, 1.165) is 25.0 Å². The molecule has 1 aromatic carbocycles. The van der Waals surface area contributed by atoms with E-state index >= 15 is 0 Å². The molecule has 2 rings (SSSR count). The molecule has 0 aromatic heterocycles. The smallest absolute Gasteiger partial charge is 0.352 e. The first-order valence-corrected chi connectivity index (χ1v) is 6.91. The number of amides is 1. The van der Waals surface area contributed by atoms with Gasteiger partial charge >= 0.3 is 6.18 Å². The summed E-state index contributed by atoms with van der Waals surface area (Å²) >= 11 is 0. The van der Waals surface area contributed by atoms with Crippen LogP contribution in [0.4, 0.5) is 13.2 Å². The number of halogens is 3. The Hall–Kier alpha value is -1.56. The van der Waals surface area contributed by atoms with Crippen LogP contribution in [0.2, 0.25) is 0 Å². The number of nitrogens with two attached hydrogens (primary N) is 1. The van der Waals surface area contributed by atoms with E-state index < -0.39 is 17.2 Å². The van der Waals surface area contributed by atoms with E-state index in [-0.39, 0.29) is 12.5 Å². The van der Waals surface area contributed by atoms with Crippen LogP contribution in [0.5, 0.6) is 0 Å². The molecule has 116 valence electrons. The fraction of sp³-hybridized carbons (Fsp3) is 0.533. The fourth-order valence-electron chi connectivity index (χ4n) is 2.90. The van der Waals surface area contributed by atoms with Gasteiger partial charge in [0.1, 0.15) is 0 Å². The van der Waals surface area contributed by atoms with E-state index in [9.17, 15) is 18.0 Å². The minimum absolute atomic E-state index is 0.108. The number of nitrogens with one attached hydrogen (secondary N) is 1. The van der Waals surface area contributed by atoms with E-state index in [1.165, 1.54) is 12.1 Å². The van der Waals surface area contributed by atoms with Gasteiger partial charge in [-0.15, -0.1) is 0 Å². The molecular weight excluding hydrogens is 281 g/mol. The molecular formula is C15H19F3N2O. The Morgan fingerprint density at radius 2 is 1.90 bits per heavy atom. The number of hydrogen-bond donors (Lipinski definition) is 2. The van der Waals surface area contributed by atoms with E-state index in [4.69, 9.17) is 5.73 Å². The lowest BCUT2D eigenvalue weighted by Gasteiger charge is -2.44. The summed E-state index contributed by atoms with van der Waals surface area (Å²) in [7, 11) is 0. The summed E-state index contributed by atoms with van der Waals surface area (Å²) < 4.78 is 37.3. The van der Waals surface area contributed by atoms with Crippen molar-refractivity contribution in [3.05, 3.63) is 35.4 Å². The summed E-state index contributed by atoms with van der Waals surface area (Å²) in [6.45, 7) is 2.58. The van der Waals surface area contributed by atoms with Crippen molar-refractivity contribution in [3.63, 3.8) is 0 Å². The van der Waals surface area contributed by atoms with Crippen LogP contribution in [0.15, 0.2) is 24.3 Å². The van der Waals surface area contributed by atoms with Crippen LogP contribution in [-0.4, -0.2) is 12.5 Å². The lowest BCUT2D eigenvalue weighted by Crippen LogP contribution is -2.53. The quantitative estimate of drug-likeness (QED) is 0.898. The van der Waals surface area contributed by atoms with Crippen LogP contribution in [-0.2, 0) is 17.5 Å². The molecule has 0 radical (unpaired) electrons. The summed E-state index contributed by atoms with van der Waals surface area (Å²) in [5, 5.41) is 2.77. The first-order chi connectivity index (χ1) is 9.77. The molecule has 6 heteroatoms. The summed E-state index contributed by atoms with van der Waals surface area (Å²) in [5.41, 5.74) is 5.13. The van der Waals surface area contributed by atoms with Gasteiger partial charge in [0, 0.05) is 13.1 Å². The maximum atomic E-state index is 12.4. The average molecular weight is 300 g/mol. The van der Waals surface area contributed by atoms with Crippen LogP contribution in [0.25, 0.3) is 0 Å². The standard InChI is InChI=1S/C15H19F3N2O/c1-10-6-14(7-10,9-19)13(21)20-8-11-2-4-12(5-3-11)15(16,17)18/h2-5,10H,6-9,19H2,1H3,(H,20,21). The molecule has 0 saturated heterocycles. The average Bonchev–Trinajstić information content (AvgIpc) is 2.40. The van der Waals surface area contributed by atoms with Crippen molar-refractivity contribution < 1.29 is 18.0 Å². The van der Waals surface area contributed by atoms with Crippen molar-refractivity contribution >= 4 is 5.91 Å². The highest BCUT2D eigenvalue weighted by Gasteiger charge is 2.46. The predicted molar refractivity (Wildman–Crippen MR) is 73.2 cm³/mol. The first kappa shape index (κ1) is 15.8. The van der Waals surface area contributed by atoms with Gasteiger partial charge in [-0.1, -0.05) is 19.1 Å². The van der Waals surface area contributed by atoms with Crippen LogP contribution >= 0.6 is 0 Å². The third kappa shape index (κ3) is 3.37. The topological polar surface area (TPSA) is 55.1 Å². The SMILES string of the molecule is CC1CC(CN)(C(=O)NCc2ccc(C(F)(F)F)cc2)C1. The van der Waals surface area contributed by atoms with Crippen molar-refractivity contribution in [1.29, 1.82) is 0 Å². The molecule has 0 heterocycles. The number of carbonyl (C=O) groups is 1. The lowest BCUT2D eigenvalue weighted by atomic mass is 9.62. The van der Waals surface area contributed by atoms with Crippen molar-refractivity contribution in [1.82, 2.24) is 5.32 Å². The van der Waals surface area contributed by atoms with Crippen LogP contribution in [0.3, 0.4) is 0 Å². The molecule has 3 N–H and O–H groups in total. The molecule has 0 spiro atoms. The second kappa shape index (κ2) is 5.67. The number of hydrogen-bond acceptors (Lipinski definition) is 2. The molecule has 1 aliphatic rings. The summed E-state index contributed by atoms with van der Waals surface area (Å²) in [5.74, 6) is 0.383. The van der Waals surface area contributed by atoms with Gasteiger partial charge in [-0.05, 0) is 36.5 Å². The van der Waals surface area contributed by atoms with Gasteiger partial charge in [-0.2, -0.15) is 13.2 Å². The Labute approximate surface area is 121 Å². The number of rotatable bonds is 4. The van der Waals surface area contributed by atoms with Crippen LogP contribution in [0.1, 0.15) is 30.9 Å². The zero-order chi connectivity index (χ0) is 15.7. The van der Waals surface area contributed by atoms with Crippen LogP contribution < -0.4 is 11.1 Å². The highest BCUT2D eigenvalue weighted by atomic mass is 19.4. The van der Waals surface area contributed by atoms with E-state index in [2.05, 4.69) is 12.2 Å². The second-order valence-electron chi connectivity index (χ2n) is 5.88. The maximum Gasteiger partial charge on any atom is 0.416 e. The van der Waals surface area contributed by atoms with Gasteiger partial charge in [-0.3, -0.25) is 4.79 Å². The van der Waals surface area contributed by atoms with Gasteiger partial charge in [0.25, 0.3) is 0 Å². The van der Waals surface area contributed by atoms with E-state index in [1.54, 1.807) is 0 Å².